The largest absolute Gasteiger partial charge is 0.289 e. The number of nitrogens with zero attached hydrogens (tertiary/aromatic N) is 2. The first-order valence-electron chi connectivity index (χ1n) is 4.67. The number of nitriles is 1. The van der Waals surface area contributed by atoms with Crippen molar-refractivity contribution in [3.63, 3.8) is 0 Å². The van der Waals surface area contributed by atoms with Crippen LogP contribution in [0.2, 0.25) is 0 Å². The van der Waals surface area contributed by atoms with Crippen LogP contribution in [0.4, 0.5) is 4.79 Å². The second-order valence-corrected chi connectivity index (χ2v) is 4.27. The van der Waals surface area contributed by atoms with Crippen LogP contribution in [0.15, 0.2) is 24.3 Å². The normalized spacial score (nSPS) is 15.3. The van der Waals surface area contributed by atoms with Crippen LogP contribution in [0.1, 0.15) is 11.1 Å². The maximum atomic E-state index is 11.3. The van der Waals surface area contributed by atoms with Crippen molar-refractivity contribution in [3.05, 3.63) is 35.4 Å². The fourth-order valence-electron chi connectivity index (χ4n) is 1.40. The summed E-state index contributed by atoms with van der Waals surface area (Å²) in [6, 6.07) is 8.87. The Morgan fingerprint density at radius 2 is 2.00 bits per heavy atom. The third kappa shape index (κ3) is 2.07. The van der Waals surface area contributed by atoms with Gasteiger partial charge in [-0.2, -0.15) is 5.26 Å². The number of thioether (sulfide) groups is 1. The monoisotopic (exact) mass is 232 g/mol. The summed E-state index contributed by atoms with van der Waals surface area (Å²) in [4.78, 5) is 23.9. The van der Waals surface area contributed by atoms with E-state index in [1.54, 1.807) is 24.3 Å². The number of benzene rings is 1. The van der Waals surface area contributed by atoms with Gasteiger partial charge in [0.15, 0.2) is 0 Å². The minimum atomic E-state index is -0.200. The molecular weight excluding hydrogens is 224 g/mol. The van der Waals surface area contributed by atoms with Crippen LogP contribution in [0.3, 0.4) is 0 Å². The van der Waals surface area contributed by atoms with Gasteiger partial charge >= 0.3 is 0 Å². The first-order chi connectivity index (χ1) is 7.70. The van der Waals surface area contributed by atoms with Crippen LogP contribution >= 0.6 is 11.8 Å². The van der Waals surface area contributed by atoms with E-state index in [2.05, 4.69) is 0 Å². The molecule has 0 radical (unpaired) electrons. The van der Waals surface area contributed by atoms with Crippen LogP contribution in [-0.2, 0) is 11.3 Å². The number of rotatable bonds is 2. The highest BCUT2D eigenvalue weighted by molar-refractivity contribution is 8.14. The summed E-state index contributed by atoms with van der Waals surface area (Å²) in [5.74, 6) is 0.0779. The zero-order chi connectivity index (χ0) is 11.5. The molecule has 4 nitrogen and oxygen atoms in total. The fraction of sp³-hybridized carbons (Fsp3) is 0.182. The second-order valence-electron chi connectivity index (χ2n) is 3.34. The zero-order valence-electron chi connectivity index (χ0n) is 8.34. The van der Waals surface area contributed by atoms with Gasteiger partial charge in [-0.15, -0.1) is 0 Å². The summed E-state index contributed by atoms with van der Waals surface area (Å²) < 4.78 is 0. The molecule has 16 heavy (non-hydrogen) atoms. The van der Waals surface area contributed by atoms with Gasteiger partial charge in [0.05, 0.1) is 23.9 Å². The van der Waals surface area contributed by atoms with E-state index in [0.717, 1.165) is 17.3 Å². The first kappa shape index (κ1) is 10.7. The van der Waals surface area contributed by atoms with Crippen LogP contribution in [0.5, 0.6) is 0 Å². The molecule has 1 saturated heterocycles. The SMILES string of the molecule is N#Cc1ccc(CN2C(=O)CSC2=O)cc1. The van der Waals surface area contributed by atoms with Crippen LogP contribution < -0.4 is 0 Å². The number of amides is 2. The molecule has 0 atom stereocenters. The lowest BCUT2D eigenvalue weighted by atomic mass is 10.1. The lowest BCUT2D eigenvalue weighted by molar-refractivity contribution is -0.125. The average Bonchev–Trinajstić information content (AvgIpc) is 2.62. The molecule has 1 aromatic carbocycles. The molecule has 0 spiro atoms. The second kappa shape index (κ2) is 4.37. The number of carbonyl (C=O) groups is 2. The summed E-state index contributed by atoms with van der Waals surface area (Å²) in [6.45, 7) is 0.288. The molecule has 1 heterocycles. The highest BCUT2D eigenvalue weighted by atomic mass is 32.2. The van der Waals surface area contributed by atoms with E-state index in [1.807, 2.05) is 6.07 Å². The zero-order valence-corrected chi connectivity index (χ0v) is 9.16. The van der Waals surface area contributed by atoms with E-state index in [-0.39, 0.29) is 23.4 Å². The van der Waals surface area contributed by atoms with Gasteiger partial charge in [0.1, 0.15) is 0 Å². The topological polar surface area (TPSA) is 61.2 Å². The molecule has 1 aliphatic heterocycles. The van der Waals surface area contributed by atoms with Crippen molar-refractivity contribution in [2.75, 3.05) is 5.75 Å². The van der Waals surface area contributed by atoms with Crippen molar-refractivity contribution in [2.45, 2.75) is 6.54 Å². The molecule has 5 heteroatoms. The molecule has 1 aromatic rings. The molecule has 1 aliphatic rings. The molecule has 2 rings (SSSR count). The smallest absolute Gasteiger partial charge is 0.273 e. The Kier molecular flexibility index (Phi) is 2.93. The van der Waals surface area contributed by atoms with E-state index in [4.69, 9.17) is 5.26 Å². The van der Waals surface area contributed by atoms with Gasteiger partial charge in [0.25, 0.3) is 5.24 Å². The summed E-state index contributed by atoms with van der Waals surface area (Å²) in [5, 5.41) is 8.43. The van der Waals surface area contributed by atoms with Gasteiger partial charge < -0.3 is 0 Å². The fourth-order valence-corrected chi connectivity index (χ4v) is 2.13. The third-order valence-corrected chi connectivity index (χ3v) is 3.12. The molecule has 0 unspecified atom stereocenters. The average molecular weight is 232 g/mol. The third-order valence-electron chi connectivity index (χ3n) is 2.26. The molecule has 0 aliphatic carbocycles. The van der Waals surface area contributed by atoms with Gasteiger partial charge in [-0.25, -0.2) is 0 Å². The van der Waals surface area contributed by atoms with Crippen LogP contribution in [-0.4, -0.2) is 21.8 Å². The molecule has 80 valence electrons. The molecular formula is C11H8N2O2S. The Bertz CT molecular complexity index is 460. The molecule has 1 fully saturated rings. The Labute approximate surface area is 96.8 Å². The standard InChI is InChI=1S/C11H8N2O2S/c12-5-8-1-3-9(4-2-8)6-13-10(14)7-16-11(13)15/h1-4H,6-7H2. The van der Waals surface area contributed by atoms with Gasteiger partial charge in [-0.05, 0) is 17.7 Å². The van der Waals surface area contributed by atoms with E-state index in [9.17, 15) is 9.59 Å². The van der Waals surface area contributed by atoms with Gasteiger partial charge in [0, 0.05) is 0 Å². The van der Waals surface area contributed by atoms with Gasteiger partial charge in [-0.3, -0.25) is 14.5 Å². The minimum Gasteiger partial charge on any atom is -0.273 e. The predicted molar refractivity (Wildman–Crippen MR) is 59.6 cm³/mol. The van der Waals surface area contributed by atoms with Crippen molar-refractivity contribution in [2.24, 2.45) is 0 Å². The van der Waals surface area contributed by atoms with Gasteiger partial charge in [-0.1, -0.05) is 23.9 Å². The number of carbonyl (C=O) groups excluding carboxylic acids is 2. The maximum absolute atomic E-state index is 11.3. The van der Waals surface area contributed by atoms with E-state index < -0.39 is 0 Å². The van der Waals surface area contributed by atoms with E-state index in [1.165, 1.54) is 4.90 Å². The van der Waals surface area contributed by atoms with Gasteiger partial charge in [0.2, 0.25) is 5.91 Å². The molecule has 0 bridgehead atoms. The minimum absolute atomic E-state index is 0.153. The molecule has 0 aromatic heterocycles. The lowest BCUT2D eigenvalue weighted by Crippen LogP contribution is -2.27. The van der Waals surface area contributed by atoms with Crippen molar-refractivity contribution >= 4 is 22.9 Å². The quantitative estimate of drug-likeness (QED) is 0.779. The van der Waals surface area contributed by atoms with Crippen molar-refractivity contribution in [1.82, 2.24) is 4.90 Å². The Morgan fingerprint density at radius 3 is 2.50 bits per heavy atom. The van der Waals surface area contributed by atoms with Crippen molar-refractivity contribution in [3.8, 4) is 6.07 Å². The molecule has 2 amide bonds. The highest BCUT2D eigenvalue weighted by Crippen LogP contribution is 2.21. The van der Waals surface area contributed by atoms with E-state index >= 15 is 0 Å². The molecule has 0 saturated carbocycles. The number of hydrogen-bond donors (Lipinski definition) is 0. The highest BCUT2D eigenvalue weighted by Gasteiger charge is 2.29. The molecule has 0 N–H and O–H groups in total. The van der Waals surface area contributed by atoms with E-state index in [0.29, 0.717) is 5.56 Å². The van der Waals surface area contributed by atoms with Crippen molar-refractivity contribution in [1.29, 1.82) is 5.26 Å². The van der Waals surface area contributed by atoms with Crippen molar-refractivity contribution < 1.29 is 9.59 Å². The first-order valence-corrected chi connectivity index (χ1v) is 5.65. The lowest BCUT2D eigenvalue weighted by Gasteiger charge is -2.12. The predicted octanol–water partition coefficient (Wildman–Crippen LogP) is 1.75. The Hall–Kier alpha value is -1.80. The van der Waals surface area contributed by atoms with Crippen LogP contribution in [0.25, 0.3) is 0 Å². The number of imide groups is 1. The number of hydrogen-bond acceptors (Lipinski definition) is 4. The van der Waals surface area contributed by atoms with Crippen LogP contribution in [0, 0.1) is 11.3 Å². The maximum Gasteiger partial charge on any atom is 0.289 e. The summed E-state index contributed by atoms with van der Waals surface area (Å²) in [5.41, 5.74) is 1.42. The summed E-state index contributed by atoms with van der Waals surface area (Å²) in [6.07, 6.45) is 0. The Balaban J connectivity index is 2.12. The summed E-state index contributed by atoms with van der Waals surface area (Å²) in [7, 11) is 0. The Morgan fingerprint density at radius 1 is 1.31 bits per heavy atom. The summed E-state index contributed by atoms with van der Waals surface area (Å²) >= 11 is 1.03.